The lowest BCUT2D eigenvalue weighted by Gasteiger charge is -2.41. The maximum atomic E-state index is 13.2. The molecule has 0 saturated heterocycles. The maximum absolute atomic E-state index is 13.2. The molecule has 0 unspecified atom stereocenters. The fraction of sp³-hybridized carbons (Fsp3) is 0.500. The first-order chi connectivity index (χ1) is 15.8. The average Bonchev–Trinajstić information content (AvgIpc) is 3.23. The summed E-state index contributed by atoms with van der Waals surface area (Å²) in [4.78, 5) is 40.3. The van der Waals surface area contributed by atoms with Crippen LogP contribution in [-0.4, -0.2) is 57.6 Å². The van der Waals surface area contributed by atoms with E-state index in [-0.39, 0.29) is 36.0 Å². The number of hydrogen-bond donors (Lipinski definition) is 2. The van der Waals surface area contributed by atoms with Gasteiger partial charge in [0.1, 0.15) is 11.2 Å². The highest BCUT2D eigenvalue weighted by Crippen LogP contribution is 2.27. The van der Waals surface area contributed by atoms with Crippen LogP contribution in [0.15, 0.2) is 30.3 Å². The molecule has 1 aromatic carbocycles. The van der Waals surface area contributed by atoms with Gasteiger partial charge in [-0.25, -0.2) is 0 Å². The quantitative estimate of drug-likeness (QED) is 0.677. The Hall–Kier alpha value is -2.87. The lowest BCUT2D eigenvalue weighted by atomic mass is 9.92. The van der Waals surface area contributed by atoms with Crippen LogP contribution in [0.3, 0.4) is 0 Å². The molecule has 2 aromatic rings. The van der Waals surface area contributed by atoms with Gasteiger partial charge in [0.05, 0.1) is 6.54 Å². The van der Waals surface area contributed by atoms with Crippen molar-refractivity contribution in [3.05, 3.63) is 52.3 Å². The van der Waals surface area contributed by atoms with Crippen LogP contribution in [0, 0.1) is 0 Å². The number of rotatable bonds is 6. The molecule has 2 aliphatic rings. The predicted octanol–water partition coefficient (Wildman–Crippen LogP) is 2.80. The first-order valence-corrected chi connectivity index (χ1v) is 11.9. The number of aromatic nitrogens is 2. The summed E-state index contributed by atoms with van der Waals surface area (Å²) < 4.78 is 1.48. The molecule has 1 aliphatic heterocycles. The summed E-state index contributed by atoms with van der Waals surface area (Å²) >= 11 is 5.90. The second-order valence-electron chi connectivity index (χ2n) is 9.15. The maximum Gasteiger partial charge on any atom is 0.272 e. The Balaban J connectivity index is 1.42. The van der Waals surface area contributed by atoms with Gasteiger partial charge in [0.25, 0.3) is 11.8 Å². The highest BCUT2D eigenvalue weighted by atomic mass is 35.5. The number of nitrogens with one attached hydrogen (secondary N) is 2. The average molecular weight is 472 g/mol. The van der Waals surface area contributed by atoms with Gasteiger partial charge in [0.15, 0.2) is 5.69 Å². The molecule has 9 heteroatoms. The van der Waals surface area contributed by atoms with Crippen molar-refractivity contribution in [2.45, 2.75) is 63.6 Å². The number of carbonyl (C=O) groups is 3. The lowest BCUT2D eigenvalue weighted by molar-refractivity contribution is -0.133. The number of hydrogen-bond acceptors (Lipinski definition) is 4. The van der Waals surface area contributed by atoms with Crippen LogP contribution in [0.25, 0.3) is 0 Å². The molecule has 1 aromatic heterocycles. The molecular weight excluding hydrogens is 442 g/mol. The molecule has 1 fully saturated rings. The van der Waals surface area contributed by atoms with Crippen LogP contribution < -0.4 is 10.6 Å². The fourth-order valence-corrected chi connectivity index (χ4v) is 4.61. The van der Waals surface area contributed by atoms with Crippen LogP contribution >= 0.6 is 11.6 Å². The van der Waals surface area contributed by atoms with Crippen LogP contribution in [0.2, 0.25) is 5.02 Å². The largest absolute Gasteiger partial charge is 0.351 e. The van der Waals surface area contributed by atoms with Crippen molar-refractivity contribution in [3.63, 3.8) is 0 Å². The highest BCUT2D eigenvalue weighted by Gasteiger charge is 2.46. The van der Waals surface area contributed by atoms with Crippen molar-refractivity contribution in [2.24, 2.45) is 0 Å². The summed E-state index contributed by atoms with van der Waals surface area (Å²) in [6, 6.07) is 9.09. The van der Waals surface area contributed by atoms with Gasteiger partial charge in [0, 0.05) is 30.7 Å². The monoisotopic (exact) mass is 471 g/mol. The Labute approximate surface area is 198 Å². The normalized spacial score (nSPS) is 20.9. The summed E-state index contributed by atoms with van der Waals surface area (Å²) in [6.45, 7) is 2.37. The Morgan fingerprint density at radius 1 is 1.18 bits per heavy atom. The van der Waals surface area contributed by atoms with E-state index in [1.807, 2.05) is 24.3 Å². The van der Waals surface area contributed by atoms with Gasteiger partial charge in [0.2, 0.25) is 5.91 Å². The molecule has 2 N–H and O–H groups in total. The fourth-order valence-electron chi connectivity index (χ4n) is 4.49. The van der Waals surface area contributed by atoms with Gasteiger partial charge in [-0.3, -0.25) is 19.1 Å². The van der Waals surface area contributed by atoms with Gasteiger partial charge in [-0.05, 0) is 43.9 Å². The topological polar surface area (TPSA) is 96.3 Å². The highest BCUT2D eigenvalue weighted by molar-refractivity contribution is 6.30. The van der Waals surface area contributed by atoms with E-state index in [1.165, 1.54) is 22.1 Å². The SMILES string of the molecule is CN1C(=O)c2cc(C(=O)NCCc3ccc(Cl)cc3)nn2C[C@]1(C)C(=O)NC1CCCCC1. The van der Waals surface area contributed by atoms with Crippen LogP contribution in [0.4, 0.5) is 0 Å². The molecule has 0 spiro atoms. The van der Waals surface area contributed by atoms with E-state index in [2.05, 4.69) is 15.7 Å². The summed E-state index contributed by atoms with van der Waals surface area (Å²) in [6.07, 6.45) is 5.99. The number of amides is 3. The van der Waals surface area contributed by atoms with E-state index in [4.69, 9.17) is 11.6 Å². The van der Waals surface area contributed by atoms with Gasteiger partial charge in [-0.2, -0.15) is 5.10 Å². The molecule has 0 radical (unpaired) electrons. The third-order valence-electron chi connectivity index (χ3n) is 6.78. The Morgan fingerprint density at radius 2 is 1.88 bits per heavy atom. The molecule has 8 nitrogen and oxygen atoms in total. The second-order valence-corrected chi connectivity index (χ2v) is 9.59. The molecular formula is C24H30ClN5O3. The summed E-state index contributed by atoms with van der Waals surface area (Å²) in [5.41, 5.74) is 0.457. The zero-order valence-corrected chi connectivity index (χ0v) is 19.8. The van der Waals surface area contributed by atoms with Crippen molar-refractivity contribution in [1.82, 2.24) is 25.3 Å². The Kier molecular flexibility index (Phi) is 6.74. The third kappa shape index (κ3) is 4.90. The van der Waals surface area contributed by atoms with E-state index >= 15 is 0 Å². The van der Waals surface area contributed by atoms with Crippen molar-refractivity contribution in [1.29, 1.82) is 0 Å². The standard InChI is InChI=1S/C24H30ClN5O3/c1-24(23(33)27-18-6-4-3-5-7-18)15-30-20(22(32)29(24)2)14-19(28-30)21(31)26-13-12-16-8-10-17(25)11-9-16/h8-11,14,18H,3-7,12-13,15H2,1-2H3,(H,26,31)(H,27,33)/t24-/m1/s1. The van der Waals surface area contributed by atoms with Gasteiger partial charge in [-0.15, -0.1) is 0 Å². The second kappa shape index (κ2) is 9.55. The van der Waals surface area contributed by atoms with E-state index in [1.54, 1.807) is 14.0 Å². The minimum Gasteiger partial charge on any atom is -0.351 e. The molecule has 3 amide bonds. The van der Waals surface area contributed by atoms with Crippen molar-refractivity contribution in [2.75, 3.05) is 13.6 Å². The molecule has 0 bridgehead atoms. The van der Waals surface area contributed by atoms with Crippen molar-refractivity contribution >= 4 is 29.3 Å². The summed E-state index contributed by atoms with van der Waals surface area (Å²) in [5.74, 6) is -0.856. The number of carbonyl (C=O) groups excluding carboxylic acids is 3. The molecule has 176 valence electrons. The molecule has 1 saturated carbocycles. The Morgan fingerprint density at radius 3 is 2.58 bits per heavy atom. The number of benzene rings is 1. The van der Waals surface area contributed by atoms with Gasteiger partial charge >= 0.3 is 0 Å². The van der Waals surface area contributed by atoms with Crippen LogP contribution in [0.5, 0.6) is 0 Å². The van der Waals surface area contributed by atoms with Crippen LogP contribution in [-0.2, 0) is 17.8 Å². The Bertz CT molecular complexity index is 1040. The minimum absolute atomic E-state index is 0.146. The molecule has 4 rings (SSSR count). The minimum atomic E-state index is -1.07. The molecule has 2 heterocycles. The number of likely N-dealkylation sites (N-methyl/N-ethyl adjacent to an activating group) is 1. The van der Waals surface area contributed by atoms with E-state index in [0.717, 1.165) is 31.2 Å². The van der Waals surface area contributed by atoms with Gasteiger partial charge in [-0.1, -0.05) is 43.0 Å². The van der Waals surface area contributed by atoms with E-state index in [0.29, 0.717) is 23.7 Å². The molecule has 33 heavy (non-hydrogen) atoms. The van der Waals surface area contributed by atoms with Crippen LogP contribution in [0.1, 0.15) is 65.6 Å². The lowest BCUT2D eigenvalue weighted by Crippen LogP contribution is -2.63. The number of nitrogens with zero attached hydrogens (tertiary/aromatic N) is 3. The van der Waals surface area contributed by atoms with Gasteiger partial charge < -0.3 is 15.5 Å². The third-order valence-corrected chi connectivity index (χ3v) is 7.03. The number of fused-ring (bicyclic) bond motifs is 1. The first kappa shape index (κ1) is 23.3. The molecule has 1 atom stereocenters. The summed E-state index contributed by atoms with van der Waals surface area (Å²) in [7, 11) is 1.63. The van der Waals surface area contributed by atoms with Crippen molar-refractivity contribution < 1.29 is 14.4 Å². The molecule has 1 aliphatic carbocycles. The smallest absolute Gasteiger partial charge is 0.272 e. The zero-order chi connectivity index (χ0) is 23.6. The van der Waals surface area contributed by atoms with E-state index in [9.17, 15) is 14.4 Å². The van der Waals surface area contributed by atoms with Crippen molar-refractivity contribution in [3.8, 4) is 0 Å². The summed E-state index contributed by atoms with van der Waals surface area (Å²) in [5, 5.41) is 11.0. The number of halogens is 1. The zero-order valence-electron chi connectivity index (χ0n) is 19.1. The predicted molar refractivity (Wildman–Crippen MR) is 125 cm³/mol. The van der Waals surface area contributed by atoms with E-state index < -0.39 is 5.54 Å². The first-order valence-electron chi connectivity index (χ1n) is 11.5.